The van der Waals surface area contributed by atoms with Crippen molar-refractivity contribution in [2.75, 3.05) is 11.9 Å². The monoisotopic (exact) mass is 355 g/mol. The predicted molar refractivity (Wildman–Crippen MR) is 91.0 cm³/mol. The van der Waals surface area contributed by atoms with Crippen molar-refractivity contribution in [1.82, 2.24) is 19.9 Å². The summed E-state index contributed by atoms with van der Waals surface area (Å²) in [6.07, 6.45) is 6.48. The zero-order chi connectivity index (χ0) is 17.9. The molecule has 3 aromatic rings. The van der Waals surface area contributed by atoms with Crippen molar-refractivity contribution >= 4 is 11.6 Å². The smallest absolute Gasteiger partial charge is 0.438 e. The van der Waals surface area contributed by atoms with Crippen LogP contribution < -0.4 is 15.8 Å². The van der Waals surface area contributed by atoms with E-state index in [0.717, 1.165) is 12.8 Å². The van der Waals surface area contributed by atoms with E-state index < -0.39 is 5.76 Å². The average molecular weight is 355 g/mol. The van der Waals surface area contributed by atoms with Crippen molar-refractivity contribution < 1.29 is 14.1 Å². The minimum absolute atomic E-state index is 0.0828. The number of aryl methyl sites for hydroxylation is 2. The highest BCUT2D eigenvalue weighted by Gasteiger charge is 2.12. The van der Waals surface area contributed by atoms with Crippen molar-refractivity contribution in [3.05, 3.63) is 58.1 Å². The highest BCUT2D eigenvalue weighted by Crippen LogP contribution is 2.25. The number of hydrogen-bond donors (Lipinski definition) is 2. The molecule has 0 aliphatic heterocycles. The Hall–Kier alpha value is -3.36. The van der Waals surface area contributed by atoms with Crippen molar-refractivity contribution in [2.45, 2.75) is 25.8 Å². The first-order valence-corrected chi connectivity index (χ1v) is 8.27. The first-order valence-electron chi connectivity index (χ1n) is 8.27. The van der Waals surface area contributed by atoms with Gasteiger partial charge in [0.1, 0.15) is 12.3 Å². The van der Waals surface area contributed by atoms with Crippen LogP contribution in [0.5, 0.6) is 5.75 Å². The van der Waals surface area contributed by atoms with Crippen LogP contribution in [0.2, 0.25) is 0 Å². The number of aromatic nitrogens is 4. The number of carbonyl (C=O) groups excluding carboxylic acids is 1. The van der Waals surface area contributed by atoms with Crippen molar-refractivity contribution in [1.29, 1.82) is 0 Å². The molecule has 0 spiro atoms. The van der Waals surface area contributed by atoms with Gasteiger partial charge in [-0.25, -0.2) is 4.79 Å². The van der Waals surface area contributed by atoms with E-state index in [9.17, 15) is 9.59 Å². The lowest BCUT2D eigenvalue weighted by molar-refractivity contribution is -0.118. The van der Waals surface area contributed by atoms with Gasteiger partial charge in [0.25, 0.3) is 5.91 Å². The summed E-state index contributed by atoms with van der Waals surface area (Å²) in [5.74, 6) is 0.145. The van der Waals surface area contributed by atoms with E-state index >= 15 is 0 Å². The number of nitrogens with zero attached hydrogens (tertiary/aromatic N) is 3. The molecule has 26 heavy (non-hydrogen) atoms. The highest BCUT2D eigenvalue weighted by molar-refractivity contribution is 5.91. The summed E-state index contributed by atoms with van der Waals surface area (Å²) in [7, 11) is 0. The number of carbonyl (C=O) groups is 1. The molecule has 1 aliphatic carbocycles. The first-order chi connectivity index (χ1) is 12.7. The first kappa shape index (κ1) is 16.1. The molecule has 2 N–H and O–H groups in total. The fourth-order valence-electron chi connectivity index (χ4n) is 2.98. The molecule has 2 heterocycles. The summed E-state index contributed by atoms with van der Waals surface area (Å²) in [6.45, 7) is 0.147. The minimum atomic E-state index is -0.621. The quantitative estimate of drug-likeness (QED) is 0.684. The summed E-state index contributed by atoms with van der Waals surface area (Å²) in [5, 5.41) is 10.4. The largest absolute Gasteiger partial charge is 0.484 e. The molecule has 0 bridgehead atoms. The van der Waals surface area contributed by atoms with E-state index in [4.69, 9.17) is 4.74 Å². The summed E-state index contributed by atoms with van der Waals surface area (Å²) < 4.78 is 11.5. The number of aromatic amines is 1. The van der Waals surface area contributed by atoms with Gasteiger partial charge in [0, 0.05) is 6.20 Å². The molecular weight excluding hydrogens is 338 g/mol. The molecule has 9 heteroatoms. The number of benzene rings is 1. The maximum atomic E-state index is 12.0. The van der Waals surface area contributed by atoms with Crippen LogP contribution >= 0.6 is 0 Å². The third-order valence-electron chi connectivity index (χ3n) is 4.15. The number of anilines is 1. The van der Waals surface area contributed by atoms with Gasteiger partial charge in [-0.15, -0.1) is 0 Å². The summed E-state index contributed by atoms with van der Waals surface area (Å²) in [6, 6.07) is 5.97. The number of rotatable bonds is 6. The molecule has 0 fully saturated rings. The SMILES string of the molecule is O=C(COc1ccc2c(c1)CCC2)Nc1cnn(Cc2noc(=O)[nH]2)c1. The molecule has 4 rings (SSSR count). The number of fused-ring (bicyclic) bond motifs is 1. The number of H-pyrrole nitrogens is 1. The van der Waals surface area contributed by atoms with Crippen molar-refractivity contribution in [3.63, 3.8) is 0 Å². The summed E-state index contributed by atoms with van der Waals surface area (Å²) in [5.41, 5.74) is 3.19. The second-order valence-corrected chi connectivity index (χ2v) is 6.09. The second-order valence-electron chi connectivity index (χ2n) is 6.09. The molecule has 0 unspecified atom stereocenters. The van der Waals surface area contributed by atoms with Crippen LogP contribution in [0.3, 0.4) is 0 Å². The third-order valence-corrected chi connectivity index (χ3v) is 4.15. The Morgan fingerprint density at radius 1 is 1.35 bits per heavy atom. The van der Waals surface area contributed by atoms with Gasteiger partial charge in [0.05, 0.1) is 11.9 Å². The third kappa shape index (κ3) is 3.66. The van der Waals surface area contributed by atoms with Gasteiger partial charge in [0.15, 0.2) is 12.4 Å². The van der Waals surface area contributed by atoms with E-state index in [1.807, 2.05) is 12.1 Å². The van der Waals surface area contributed by atoms with Gasteiger partial charge >= 0.3 is 5.76 Å². The van der Waals surface area contributed by atoms with Crippen molar-refractivity contribution in [2.24, 2.45) is 0 Å². The maximum absolute atomic E-state index is 12.0. The van der Waals surface area contributed by atoms with Crippen molar-refractivity contribution in [3.8, 4) is 5.75 Å². The lowest BCUT2D eigenvalue weighted by atomic mass is 10.1. The van der Waals surface area contributed by atoms with Crippen LogP contribution in [0.15, 0.2) is 39.9 Å². The molecule has 9 nitrogen and oxygen atoms in total. The molecule has 2 aromatic heterocycles. The van der Waals surface area contributed by atoms with E-state index in [0.29, 0.717) is 17.3 Å². The molecule has 1 aromatic carbocycles. The van der Waals surface area contributed by atoms with Gasteiger partial charge in [-0.1, -0.05) is 11.2 Å². The van der Waals surface area contributed by atoms with E-state index in [1.54, 1.807) is 6.20 Å². The van der Waals surface area contributed by atoms with Gasteiger partial charge in [-0.2, -0.15) is 5.10 Å². The Bertz CT molecular complexity index is 987. The predicted octanol–water partition coefficient (Wildman–Crippen LogP) is 1.11. The number of nitrogens with one attached hydrogen (secondary N) is 2. The van der Waals surface area contributed by atoms with Gasteiger partial charge in [0.2, 0.25) is 0 Å². The fraction of sp³-hybridized carbons (Fsp3) is 0.294. The van der Waals surface area contributed by atoms with Crippen LogP contribution in [-0.4, -0.2) is 32.4 Å². The minimum Gasteiger partial charge on any atom is -0.484 e. The highest BCUT2D eigenvalue weighted by atomic mass is 16.5. The van der Waals surface area contributed by atoms with E-state index in [1.165, 1.54) is 28.4 Å². The Kier molecular flexibility index (Phi) is 4.26. The van der Waals surface area contributed by atoms with E-state index in [2.05, 4.69) is 31.1 Å². The van der Waals surface area contributed by atoms with Crippen LogP contribution in [0.25, 0.3) is 0 Å². The molecule has 1 aliphatic rings. The normalized spacial score (nSPS) is 12.8. The lowest BCUT2D eigenvalue weighted by Crippen LogP contribution is -2.20. The molecule has 0 saturated carbocycles. The lowest BCUT2D eigenvalue weighted by Gasteiger charge is -2.08. The molecular formula is C17H17N5O4. The Morgan fingerprint density at radius 2 is 2.23 bits per heavy atom. The van der Waals surface area contributed by atoms with Crippen LogP contribution in [0, 0.1) is 0 Å². The molecule has 0 radical (unpaired) electrons. The van der Waals surface area contributed by atoms with Gasteiger partial charge in [-0.05, 0) is 42.5 Å². The van der Waals surface area contributed by atoms with Gasteiger partial charge in [-0.3, -0.25) is 19.0 Å². The Morgan fingerprint density at radius 3 is 3.08 bits per heavy atom. The number of hydrogen-bond acceptors (Lipinski definition) is 6. The number of amides is 1. The average Bonchev–Trinajstić information content (AvgIpc) is 3.35. The summed E-state index contributed by atoms with van der Waals surface area (Å²) >= 11 is 0. The zero-order valence-electron chi connectivity index (χ0n) is 13.9. The topological polar surface area (TPSA) is 115 Å². The summed E-state index contributed by atoms with van der Waals surface area (Å²) in [4.78, 5) is 25.4. The van der Waals surface area contributed by atoms with Gasteiger partial charge < -0.3 is 10.1 Å². The molecule has 0 saturated heterocycles. The second kappa shape index (κ2) is 6.87. The van der Waals surface area contributed by atoms with Crippen LogP contribution in [0.4, 0.5) is 5.69 Å². The Balaban J connectivity index is 1.30. The van der Waals surface area contributed by atoms with E-state index in [-0.39, 0.29) is 19.1 Å². The van der Waals surface area contributed by atoms with Crippen LogP contribution in [-0.2, 0) is 24.2 Å². The molecule has 0 atom stereocenters. The zero-order valence-corrected chi connectivity index (χ0v) is 13.9. The fourth-order valence-corrected chi connectivity index (χ4v) is 2.98. The van der Waals surface area contributed by atoms with Crippen LogP contribution in [0.1, 0.15) is 23.4 Å². The molecule has 1 amide bonds. The Labute approximate surface area is 148 Å². The molecule has 134 valence electrons. The maximum Gasteiger partial charge on any atom is 0.438 e. The number of ether oxygens (including phenoxy) is 1. The standard InChI is InChI=1S/C17H17N5O4/c23-16(10-25-14-5-4-11-2-1-3-12(11)6-14)19-13-7-18-22(8-13)9-15-20-17(24)26-21-15/h4-8H,1-3,9-10H2,(H,19,23)(H,20,21,24).